The van der Waals surface area contributed by atoms with E-state index in [0.717, 1.165) is 44.5 Å². The zero-order valence-electron chi connectivity index (χ0n) is 13.0. The van der Waals surface area contributed by atoms with Crippen LogP contribution in [0, 0.1) is 0 Å². The molecule has 120 valence electrons. The number of hydrogen-bond acceptors (Lipinski definition) is 4. The number of rotatable bonds is 3. The lowest BCUT2D eigenvalue weighted by Gasteiger charge is -2.24. The van der Waals surface area contributed by atoms with Crippen LogP contribution in [0.1, 0.15) is 21.5 Å². The average Bonchev–Trinajstić information content (AvgIpc) is 2.60. The number of carbonyl (C=O) groups excluding carboxylic acids is 1. The summed E-state index contributed by atoms with van der Waals surface area (Å²) >= 11 is 9.51. The van der Waals surface area contributed by atoms with E-state index in [2.05, 4.69) is 6.07 Å². The lowest BCUT2D eigenvalue weighted by atomic mass is 9.91. The van der Waals surface area contributed by atoms with Crippen molar-refractivity contribution >= 4 is 41.1 Å². The Morgan fingerprint density at radius 3 is 2.65 bits per heavy atom. The third kappa shape index (κ3) is 3.25. The first-order valence-electron chi connectivity index (χ1n) is 7.30. The van der Waals surface area contributed by atoms with Gasteiger partial charge in [0.05, 0.1) is 12.7 Å². The Morgan fingerprint density at radius 1 is 1.26 bits per heavy atom. The highest BCUT2D eigenvalue weighted by Gasteiger charge is 2.25. The predicted molar refractivity (Wildman–Crippen MR) is 99.9 cm³/mol. The summed E-state index contributed by atoms with van der Waals surface area (Å²) in [5, 5.41) is 0.730. The molecular formula is C18H17ClO2S2. The fourth-order valence-corrected chi connectivity index (χ4v) is 4.71. The Kier molecular flexibility index (Phi) is 5.24. The first-order valence-corrected chi connectivity index (χ1v) is 10.1. The lowest BCUT2D eigenvalue weighted by Crippen LogP contribution is -2.14. The van der Waals surface area contributed by atoms with Gasteiger partial charge >= 0.3 is 5.97 Å². The van der Waals surface area contributed by atoms with Gasteiger partial charge in [-0.3, -0.25) is 0 Å². The van der Waals surface area contributed by atoms with Crippen molar-refractivity contribution in [2.75, 3.05) is 19.1 Å². The maximum Gasteiger partial charge on any atom is 0.339 e. The van der Waals surface area contributed by atoms with Gasteiger partial charge in [-0.2, -0.15) is 11.8 Å². The molecule has 1 heterocycles. The molecule has 2 nitrogen and oxygen atoms in total. The van der Waals surface area contributed by atoms with Crippen LogP contribution in [0.5, 0.6) is 0 Å². The van der Waals surface area contributed by atoms with Gasteiger partial charge in [0.15, 0.2) is 0 Å². The number of halogens is 1. The molecule has 1 aliphatic heterocycles. The molecule has 0 radical (unpaired) electrons. The highest BCUT2D eigenvalue weighted by molar-refractivity contribution is 7.99. The van der Waals surface area contributed by atoms with Crippen LogP contribution in [-0.2, 0) is 16.9 Å². The normalized spacial score (nSPS) is 13.5. The fourth-order valence-electron chi connectivity index (χ4n) is 2.92. The summed E-state index contributed by atoms with van der Waals surface area (Å²) in [5.74, 6) is 1.72. The Bertz CT molecular complexity index is 742. The number of ether oxygens (including phenoxy) is 1. The molecule has 0 saturated heterocycles. The summed E-state index contributed by atoms with van der Waals surface area (Å²) in [6.07, 6.45) is 2.90. The Labute approximate surface area is 149 Å². The van der Waals surface area contributed by atoms with Gasteiger partial charge in [-0.1, -0.05) is 23.7 Å². The second-order valence-corrected chi connectivity index (χ2v) is 7.65. The van der Waals surface area contributed by atoms with Gasteiger partial charge in [0.1, 0.15) is 0 Å². The van der Waals surface area contributed by atoms with Crippen LogP contribution in [0.15, 0.2) is 35.2 Å². The number of esters is 1. The van der Waals surface area contributed by atoms with E-state index >= 15 is 0 Å². The molecule has 2 aromatic rings. The van der Waals surface area contributed by atoms with E-state index in [0.29, 0.717) is 0 Å². The van der Waals surface area contributed by atoms with Crippen molar-refractivity contribution in [3.05, 3.63) is 52.0 Å². The lowest BCUT2D eigenvalue weighted by molar-refractivity contribution is 0.0595. The van der Waals surface area contributed by atoms with Crippen LogP contribution in [-0.4, -0.2) is 25.1 Å². The minimum atomic E-state index is -0.236. The summed E-state index contributed by atoms with van der Waals surface area (Å²) in [5.41, 5.74) is 5.47. The highest BCUT2D eigenvalue weighted by Crippen LogP contribution is 2.40. The molecular weight excluding hydrogens is 348 g/mol. The van der Waals surface area contributed by atoms with Crippen molar-refractivity contribution in [2.45, 2.75) is 17.1 Å². The molecule has 0 saturated carbocycles. The van der Waals surface area contributed by atoms with Crippen LogP contribution >= 0.6 is 35.1 Å². The smallest absolute Gasteiger partial charge is 0.339 e. The second-order valence-electron chi connectivity index (χ2n) is 5.26. The molecule has 0 aliphatic carbocycles. The second kappa shape index (κ2) is 7.20. The van der Waals surface area contributed by atoms with Gasteiger partial charge in [0.25, 0.3) is 0 Å². The van der Waals surface area contributed by atoms with E-state index in [1.165, 1.54) is 18.2 Å². The monoisotopic (exact) mass is 364 g/mol. The molecule has 3 rings (SSSR count). The van der Waals surface area contributed by atoms with Gasteiger partial charge in [0.2, 0.25) is 0 Å². The summed E-state index contributed by atoms with van der Waals surface area (Å²) in [6, 6.07) is 10.0. The maximum atomic E-state index is 12.3. The molecule has 0 unspecified atom stereocenters. The molecule has 0 atom stereocenters. The van der Waals surface area contributed by atoms with Crippen molar-refractivity contribution in [1.29, 1.82) is 0 Å². The minimum absolute atomic E-state index is 0.236. The quantitative estimate of drug-likeness (QED) is 0.545. The van der Waals surface area contributed by atoms with Crippen LogP contribution in [0.25, 0.3) is 11.1 Å². The zero-order valence-corrected chi connectivity index (χ0v) is 15.4. The van der Waals surface area contributed by atoms with Gasteiger partial charge < -0.3 is 4.74 Å². The van der Waals surface area contributed by atoms with Gasteiger partial charge in [-0.05, 0) is 58.9 Å². The molecule has 2 aromatic carbocycles. The van der Waals surface area contributed by atoms with Crippen LogP contribution < -0.4 is 0 Å². The Hall–Kier alpha value is -1.10. The van der Waals surface area contributed by atoms with Crippen LogP contribution in [0.4, 0.5) is 0 Å². The molecule has 0 bridgehead atoms. The molecule has 23 heavy (non-hydrogen) atoms. The van der Waals surface area contributed by atoms with Crippen molar-refractivity contribution in [3.63, 3.8) is 0 Å². The summed E-state index contributed by atoms with van der Waals surface area (Å²) in [6.45, 7) is 0. The third-order valence-corrected chi connectivity index (χ3v) is 6.02. The van der Waals surface area contributed by atoms with Gasteiger partial charge in [0, 0.05) is 15.7 Å². The Morgan fingerprint density at radius 2 is 2.00 bits per heavy atom. The molecule has 0 amide bonds. The topological polar surface area (TPSA) is 26.3 Å². The minimum Gasteiger partial charge on any atom is -0.465 e. The number of thioether (sulfide) groups is 2. The van der Waals surface area contributed by atoms with E-state index in [-0.39, 0.29) is 5.97 Å². The first-order chi connectivity index (χ1) is 11.2. The SMILES string of the molecule is COC(=O)c1c(SC)cc(-c2ccc(Cl)cc2)c2c1CCSC2. The average molecular weight is 365 g/mol. The van der Waals surface area contributed by atoms with Gasteiger partial charge in [-0.25, -0.2) is 4.79 Å². The largest absolute Gasteiger partial charge is 0.465 e. The third-order valence-electron chi connectivity index (χ3n) is 4.02. The van der Waals surface area contributed by atoms with E-state index in [1.54, 1.807) is 11.8 Å². The summed E-state index contributed by atoms with van der Waals surface area (Å²) < 4.78 is 5.03. The van der Waals surface area contributed by atoms with Crippen LogP contribution in [0.3, 0.4) is 0 Å². The van der Waals surface area contributed by atoms with Gasteiger partial charge in [-0.15, -0.1) is 11.8 Å². The number of benzene rings is 2. The standard InChI is InChI=1S/C18H17ClO2S2/c1-21-18(20)17-13-7-8-23-10-15(13)14(9-16(17)22-2)11-3-5-12(19)6-4-11/h3-6,9H,7-8,10H2,1-2H3. The number of carbonyl (C=O) groups is 1. The summed E-state index contributed by atoms with van der Waals surface area (Å²) in [4.78, 5) is 13.3. The van der Waals surface area contributed by atoms with E-state index in [9.17, 15) is 4.79 Å². The van der Waals surface area contributed by atoms with E-state index < -0.39 is 0 Å². The molecule has 0 fully saturated rings. The molecule has 0 N–H and O–H groups in total. The highest BCUT2D eigenvalue weighted by atomic mass is 35.5. The molecule has 5 heteroatoms. The van der Waals surface area contributed by atoms with Crippen LogP contribution in [0.2, 0.25) is 5.02 Å². The van der Waals surface area contributed by atoms with E-state index in [4.69, 9.17) is 16.3 Å². The van der Waals surface area contributed by atoms with E-state index in [1.807, 2.05) is 42.3 Å². The number of methoxy groups -OCH3 is 1. The molecule has 0 aromatic heterocycles. The van der Waals surface area contributed by atoms with Crippen molar-refractivity contribution in [3.8, 4) is 11.1 Å². The molecule has 0 spiro atoms. The predicted octanol–water partition coefficient (Wildman–Crippen LogP) is 5.30. The fraction of sp³-hybridized carbons (Fsp3) is 0.278. The Balaban J connectivity index is 2.25. The van der Waals surface area contributed by atoms with Crippen molar-refractivity contribution < 1.29 is 9.53 Å². The first kappa shape index (κ1) is 16.7. The number of fused-ring (bicyclic) bond motifs is 1. The van der Waals surface area contributed by atoms with Crippen molar-refractivity contribution in [2.24, 2.45) is 0 Å². The maximum absolute atomic E-state index is 12.3. The molecule has 1 aliphatic rings. The summed E-state index contributed by atoms with van der Waals surface area (Å²) in [7, 11) is 1.45. The van der Waals surface area contributed by atoms with Crippen molar-refractivity contribution in [1.82, 2.24) is 0 Å². The zero-order chi connectivity index (χ0) is 16.4. The number of hydrogen-bond donors (Lipinski definition) is 0.